The summed E-state index contributed by atoms with van der Waals surface area (Å²) in [4.78, 5) is 0. The van der Waals surface area contributed by atoms with Crippen LogP contribution in [0.15, 0.2) is 29.4 Å². The number of ether oxygens (including phenoxy) is 1. The summed E-state index contributed by atoms with van der Waals surface area (Å²) in [6.07, 6.45) is 5.23. The van der Waals surface area contributed by atoms with Crippen LogP contribution in [0.4, 0.5) is 0 Å². The summed E-state index contributed by atoms with van der Waals surface area (Å²) in [6.45, 7) is 3.63. The van der Waals surface area contributed by atoms with Crippen molar-refractivity contribution in [2.75, 3.05) is 6.61 Å². The summed E-state index contributed by atoms with van der Waals surface area (Å²) in [7, 11) is 0. The third-order valence-corrected chi connectivity index (χ3v) is 2.59. The van der Waals surface area contributed by atoms with Gasteiger partial charge in [0.25, 0.3) is 0 Å². The van der Waals surface area contributed by atoms with E-state index in [-0.39, 0.29) is 5.11 Å². The Bertz CT molecular complexity index is 421. The summed E-state index contributed by atoms with van der Waals surface area (Å²) in [5.74, 6) is 0. The Balaban J connectivity index is 2.39. The molecule has 0 aliphatic heterocycles. The molecule has 0 atom stereocenters. The first-order valence-corrected chi connectivity index (χ1v) is 6.88. The maximum atomic E-state index is 5.62. The van der Waals surface area contributed by atoms with Gasteiger partial charge in [-0.1, -0.05) is 38.0 Å². The third-order valence-electron chi connectivity index (χ3n) is 2.50. The van der Waals surface area contributed by atoms with Gasteiger partial charge >= 0.3 is 0 Å². The lowest BCUT2D eigenvalue weighted by atomic mass is 10.1. The minimum atomic E-state index is 0.159. The van der Waals surface area contributed by atoms with Crippen LogP contribution in [0.25, 0.3) is 0 Å². The van der Waals surface area contributed by atoms with E-state index < -0.39 is 0 Å². The van der Waals surface area contributed by atoms with E-state index >= 15 is 0 Å². The smallest absolute Gasteiger partial charge is 0.184 e. The highest BCUT2D eigenvalue weighted by Gasteiger charge is 1.95. The first-order valence-electron chi connectivity index (χ1n) is 6.47. The molecule has 104 valence electrons. The predicted octanol–water partition coefficient (Wildman–Crippen LogP) is 2.56. The van der Waals surface area contributed by atoms with Gasteiger partial charge in [-0.15, -0.1) is 0 Å². The van der Waals surface area contributed by atoms with E-state index in [1.165, 1.54) is 12.8 Å². The van der Waals surface area contributed by atoms with E-state index in [9.17, 15) is 0 Å². The molecule has 0 amide bonds. The molecule has 0 aromatic heterocycles. The lowest BCUT2D eigenvalue weighted by molar-refractivity contribution is 0.117. The molecular formula is C14H21N3OS. The quantitative estimate of drug-likeness (QED) is 0.332. The van der Waals surface area contributed by atoms with Gasteiger partial charge in [-0.05, 0) is 35.8 Å². The van der Waals surface area contributed by atoms with E-state index in [4.69, 9.17) is 10.5 Å². The first kappa shape index (κ1) is 15.6. The fourth-order valence-corrected chi connectivity index (χ4v) is 1.63. The van der Waals surface area contributed by atoms with E-state index in [2.05, 4.69) is 29.7 Å². The number of hydrazone groups is 1. The van der Waals surface area contributed by atoms with Crippen LogP contribution in [0, 0.1) is 0 Å². The number of thiocarbonyl (C=S) groups is 1. The summed E-state index contributed by atoms with van der Waals surface area (Å²) >= 11 is 4.66. The zero-order valence-corrected chi connectivity index (χ0v) is 12.1. The van der Waals surface area contributed by atoms with E-state index in [0.29, 0.717) is 6.61 Å². The van der Waals surface area contributed by atoms with Crippen LogP contribution in [-0.2, 0) is 11.3 Å². The molecule has 0 unspecified atom stereocenters. The molecule has 0 fully saturated rings. The number of hydrogen-bond acceptors (Lipinski definition) is 3. The monoisotopic (exact) mass is 279 g/mol. The number of nitrogens with two attached hydrogens (primary N) is 1. The molecule has 0 aliphatic carbocycles. The van der Waals surface area contributed by atoms with Gasteiger partial charge in [0.05, 0.1) is 12.8 Å². The van der Waals surface area contributed by atoms with E-state index in [0.717, 1.165) is 24.2 Å². The van der Waals surface area contributed by atoms with Gasteiger partial charge in [0.2, 0.25) is 0 Å². The Hall–Kier alpha value is -1.46. The minimum absolute atomic E-state index is 0.159. The van der Waals surface area contributed by atoms with Crippen LogP contribution in [0.1, 0.15) is 37.3 Å². The Morgan fingerprint density at radius 3 is 3.05 bits per heavy atom. The number of hydrogen-bond donors (Lipinski definition) is 2. The molecule has 1 aromatic rings. The van der Waals surface area contributed by atoms with Gasteiger partial charge < -0.3 is 10.5 Å². The number of nitrogens with one attached hydrogen (secondary N) is 1. The number of unbranched alkanes of at least 4 members (excludes halogenated alkanes) is 2. The molecule has 1 aromatic carbocycles. The molecule has 0 radical (unpaired) electrons. The van der Waals surface area contributed by atoms with Crippen molar-refractivity contribution in [2.45, 2.75) is 32.8 Å². The van der Waals surface area contributed by atoms with Crippen molar-refractivity contribution in [3.05, 3.63) is 35.4 Å². The maximum Gasteiger partial charge on any atom is 0.184 e. The van der Waals surface area contributed by atoms with Crippen molar-refractivity contribution in [3.63, 3.8) is 0 Å². The van der Waals surface area contributed by atoms with Crippen LogP contribution in [-0.4, -0.2) is 17.9 Å². The highest BCUT2D eigenvalue weighted by molar-refractivity contribution is 7.80. The molecule has 19 heavy (non-hydrogen) atoms. The Morgan fingerprint density at radius 2 is 2.32 bits per heavy atom. The van der Waals surface area contributed by atoms with Crippen LogP contribution >= 0.6 is 12.2 Å². The number of benzene rings is 1. The molecule has 0 spiro atoms. The Labute approximate surface area is 120 Å². The lowest BCUT2D eigenvalue weighted by Crippen LogP contribution is -2.23. The van der Waals surface area contributed by atoms with Gasteiger partial charge in [-0.2, -0.15) is 5.10 Å². The van der Waals surface area contributed by atoms with Crippen LogP contribution in [0.3, 0.4) is 0 Å². The number of nitrogens with zero attached hydrogens (tertiary/aromatic N) is 1. The van der Waals surface area contributed by atoms with Crippen LogP contribution < -0.4 is 11.2 Å². The second-order valence-electron chi connectivity index (χ2n) is 4.24. The van der Waals surface area contributed by atoms with Crippen molar-refractivity contribution in [1.82, 2.24) is 5.43 Å². The molecule has 0 saturated heterocycles. The van der Waals surface area contributed by atoms with Gasteiger partial charge in [-0.25, -0.2) is 0 Å². The molecule has 0 bridgehead atoms. The number of rotatable bonds is 8. The normalized spacial score (nSPS) is 10.8. The van der Waals surface area contributed by atoms with Crippen LogP contribution in [0.5, 0.6) is 0 Å². The molecule has 1 rings (SSSR count). The van der Waals surface area contributed by atoms with Gasteiger partial charge in [0.15, 0.2) is 5.11 Å². The van der Waals surface area contributed by atoms with Crippen molar-refractivity contribution < 1.29 is 4.74 Å². The predicted molar refractivity (Wildman–Crippen MR) is 83.1 cm³/mol. The Kier molecular flexibility index (Phi) is 7.77. The lowest BCUT2D eigenvalue weighted by Gasteiger charge is -2.04. The maximum absolute atomic E-state index is 5.62. The first-order chi connectivity index (χ1) is 9.22. The summed E-state index contributed by atoms with van der Waals surface area (Å²) in [5, 5.41) is 4.08. The molecule has 3 N–H and O–H groups in total. The zero-order chi connectivity index (χ0) is 13.9. The van der Waals surface area contributed by atoms with Gasteiger partial charge in [0, 0.05) is 6.61 Å². The van der Waals surface area contributed by atoms with Crippen LogP contribution in [0.2, 0.25) is 0 Å². The average molecular weight is 279 g/mol. The van der Waals surface area contributed by atoms with E-state index in [1.807, 2.05) is 24.3 Å². The molecular weight excluding hydrogens is 258 g/mol. The van der Waals surface area contributed by atoms with Crippen molar-refractivity contribution in [3.8, 4) is 0 Å². The van der Waals surface area contributed by atoms with Gasteiger partial charge in [-0.3, -0.25) is 5.43 Å². The summed E-state index contributed by atoms with van der Waals surface area (Å²) < 4.78 is 5.62. The second-order valence-corrected chi connectivity index (χ2v) is 4.68. The summed E-state index contributed by atoms with van der Waals surface area (Å²) in [5.41, 5.74) is 9.93. The summed E-state index contributed by atoms with van der Waals surface area (Å²) in [6, 6.07) is 8.01. The fourth-order valence-electron chi connectivity index (χ4n) is 1.58. The molecule has 0 saturated carbocycles. The SMILES string of the molecule is CCCCCOCc1cccc(C=NNC(N)=S)c1. The largest absolute Gasteiger partial charge is 0.377 e. The zero-order valence-electron chi connectivity index (χ0n) is 11.3. The van der Waals surface area contributed by atoms with Gasteiger partial charge in [0.1, 0.15) is 0 Å². The van der Waals surface area contributed by atoms with Crippen molar-refractivity contribution >= 4 is 23.5 Å². The fraction of sp³-hybridized carbons (Fsp3) is 0.429. The highest BCUT2D eigenvalue weighted by atomic mass is 32.1. The topological polar surface area (TPSA) is 59.6 Å². The average Bonchev–Trinajstić information content (AvgIpc) is 2.39. The standard InChI is InChI=1S/C14H21N3OS/c1-2-3-4-8-18-11-13-7-5-6-12(9-13)10-16-17-14(15)19/h5-7,9-10H,2-4,8,11H2,1H3,(H3,15,17,19). The van der Waals surface area contributed by atoms with Crippen molar-refractivity contribution in [2.24, 2.45) is 10.8 Å². The minimum Gasteiger partial charge on any atom is -0.377 e. The molecule has 5 heteroatoms. The molecule has 0 heterocycles. The van der Waals surface area contributed by atoms with Crippen molar-refractivity contribution in [1.29, 1.82) is 0 Å². The third kappa shape index (κ3) is 7.54. The highest BCUT2D eigenvalue weighted by Crippen LogP contribution is 2.06. The molecule has 4 nitrogen and oxygen atoms in total. The molecule has 0 aliphatic rings. The van der Waals surface area contributed by atoms with E-state index in [1.54, 1.807) is 6.21 Å². The second kappa shape index (κ2) is 9.47. The Morgan fingerprint density at radius 1 is 1.47 bits per heavy atom.